The van der Waals surface area contributed by atoms with Gasteiger partial charge in [0.2, 0.25) is 0 Å². The zero-order valence-corrected chi connectivity index (χ0v) is 16.0. The molecule has 0 unspecified atom stereocenters. The van der Waals surface area contributed by atoms with E-state index in [-0.39, 0.29) is 5.91 Å². The lowest BCUT2D eigenvalue weighted by Crippen LogP contribution is -2.13. The Hall–Kier alpha value is -3.80. The van der Waals surface area contributed by atoms with E-state index in [1.807, 2.05) is 37.3 Å². The fraction of sp³-hybridized carbons (Fsp3) is 0.130. The summed E-state index contributed by atoms with van der Waals surface area (Å²) in [5.74, 6) is 0.400. The van der Waals surface area contributed by atoms with Crippen LogP contribution in [-0.2, 0) is 11.3 Å². The van der Waals surface area contributed by atoms with Crippen molar-refractivity contribution in [3.63, 3.8) is 0 Å². The summed E-state index contributed by atoms with van der Waals surface area (Å²) < 4.78 is 16.7. The Morgan fingerprint density at radius 3 is 2.59 bits per heavy atom. The van der Waals surface area contributed by atoms with Gasteiger partial charge in [-0.15, -0.1) is 0 Å². The third-order valence-corrected chi connectivity index (χ3v) is 4.54. The number of benzene rings is 3. The van der Waals surface area contributed by atoms with Crippen molar-refractivity contribution in [1.29, 1.82) is 0 Å². The van der Waals surface area contributed by atoms with Crippen molar-refractivity contribution in [2.75, 3.05) is 12.4 Å². The highest BCUT2D eigenvalue weighted by molar-refractivity contribution is 6.10. The number of hydrogen-bond donors (Lipinski definition) is 1. The smallest absolute Gasteiger partial charge is 0.337 e. The summed E-state index contributed by atoms with van der Waals surface area (Å²) in [5.41, 5.74) is 2.90. The third kappa shape index (κ3) is 3.78. The Kier molecular flexibility index (Phi) is 4.91. The molecule has 0 saturated carbocycles. The van der Waals surface area contributed by atoms with Crippen LogP contribution in [0.15, 0.2) is 60.7 Å². The van der Waals surface area contributed by atoms with E-state index in [1.165, 1.54) is 13.2 Å². The van der Waals surface area contributed by atoms with Crippen LogP contribution >= 0.6 is 0 Å². The Labute approximate surface area is 168 Å². The monoisotopic (exact) mass is 389 g/mol. The van der Waals surface area contributed by atoms with Gasteiger partial charge in [0.25, 0.3) is 5.91 Å². The molecule has 1 heterocycles. The Balaban J connectivity index is 1.69. The fourth-order valence-electron chi connectivity index (χ4n) is 3.14. The number of amides is 1. The topological polar surface area (TPSA) is 73.9 Å². The number of esters is 1. The molecule has 1 N–H and O–H groups in total. The zero-order chi connectivity index (χ0) is 20.4. The van der Waals surface area contributed by atoms with Gasteiger partial charge in [-0.2, -0.15) is 0 Å². The molecule has 6 heteroatoms. The fourth-order valence-corrected chi connectivity index (χ4v) is 3.14. The molecule has 0 atom stereocenters. The van der Waals surface area contributed by atoms with Crippen LogP contribution < -0.4 is 14.8 Å². The van der Waals surface area contributed by atoms with Crippen LogP contribution in [0.1, 0.15) is 31.8 Å². The quantitative estimate of drug-likeness (QED) is 0.654. The van der Waals surface area contributed by atoms with Gasteiger partial charge in [-0.05, 0) is 48.4 Å². The summed E-state index contributed by atoms with van der Waals surface area (Å²) in [7, 11) is 1.30. The van der Waals surface area contributed by atoms with Crippen LogP contribution in [0.4, 0.5) is 5.69 Å². The van der Waals surface area contributed by atoms with E-state index >= 15 is 0 Å². The molecule has 0 fully saturated rings. The molecule has 3 aromatic rings. The molecule has 0 radical (unpaired) electrons. The highest BCUT2D eigenvalue weighted by Crippen LogP contribution is 2.40. The van der Waals surface area contributed by atoms with Crippen LogP contribution in [0.5, 0.6) is 17.2 Å². The first-order valence-corrected chi connectivity index (χ1v) is 9.08. The highest BCUT2D eigenvalue weighted by atomic mass is 16.5. The maximum atomic E-state index is 13.0. The number of aryl methyl sites for hydroxylation is 1. The number of carbonyl (C=O) groups excluding carboxylic acids is 2. The molecular weight excluding hydrogens is 370 g/mol. The van der Waals surface area contributed by atoms with Gasteiger partial charge in [-0.25, -0.2) is 4.79 Å². The molecule has 146 valence electrons. The normalized spacial score (nSPS) is 12.0. The average molecular weight is 389 g/mol. The minimum Gasteiger partial charge on any atom is -0.488 e. The van der Waals surface area contributed by atoms with Gasteiger partial charge < -0.3 is 19.5 Å². The van der Waals surface area contributed by atoms with E-state index < -0.39 is 5.97 Å². The second-order valence-electron chi connectivity index (χ2n) is 6.67. The van der Waals surface area contributed by atoms with Gasteiger partial charge in [0, 0.05) is 0 Å². The largest absolute Gasteiger partial charge is 0.488 e. The van der Waals surface area contributed by atoms with Gasteiger partial charge in [0.15, 0.2) is 5.75 Å². The van der Waals surface area contributed by atoms with E-state index in [0.29, 0.717) is 40.7 Å². The summed E-state index contributed by atoms with van der Waals surface area (Å²) in [6.45, 7) is 2.23. The molecule has 0 bridgehead atoms. The maximum absolute atomic E-state index is 13.0. The first kappa shape index (κ1) is 18.6. The maximum Gasteiger partial charge on any atom is 0.337 e. The van der Waals surface area contributed by atoms with Crippen molar-refractivity contribution in [2.45, 2.75) is 13.5 Å². The number of carbonyl (C=O) groups is 2. The molecule has 3 aromatic carbocycles. The first-order chi connectivity index (χ1) is 14.0. The van der Waals surface area contributed by atoms with Gasteiger partial charge in [-0.3, -0.25) is 4.79 Å². The van der Waals surface area contributed by atoms with Gasteiger partial charge in [0.05, 0.1) is 18.4 Å². The number of anilines is 1. The summed E-state index contributed by atoms with van der Waals surface area (Å²) in [6.07, 6.45) is 0. The number of fused-ring (bicyclic) bond motifs is 2. The molecular formula is C23H19NO5. The van der Waals surface area contributed by atoms with Crippen LogP contribution in [-0.4, -0.2) is 19.0 Å². The van der Waals surface area contributed by atoms with Gasteiger partial charge in [-0.1, -0.05) is 30.3 Å². The van der Waals surface area contributed by atoms with E-state index in [1.54, 1.807) is 24.3 Å². The van der Waals surface area contributed by atoms with Gasteiger partial charge >= 0.3 is 5.97 Å². The summed E-state index contributed by atoms with van der Waals surface area (Å²) in [4.78, 5) is 24.8. The lowest BCUT2D eigenvalue weighted by Gasteiger charge is -2.14. The van der Waals surface area contributed by atoms with Crippen LogP contribution in [0.25, 0.3) is 0 Å². The standard InChI is InChI=1S/C23H19NO5/c1-14-10-19(28-13-15-6-4-3-5-7-15)21-20(11-14)29-18-9-8-16(23(26)27-2)12-17(18)24-22(21)25/h3-12H,13H2,1-2H3,(H,24,25). The summed E-state index contributed by atoms with van der Waals surface area (Å²) >= 11 is 0. The second kappa shape index (κ2) is 7.67. The summed E-state index contributed by atoms with van der Waals surface area (Å²) in [6, 6.07) is 18.0. The van der Waals surface area contributed by atoms with Crippen molar-refractivity contribution in [2.24, 2.45) is 0 Å². The van der Waals surface area contributed by atoms with Gasteiger partial charge in [0.1, 0.15) is 23.7 Å². The molecule has 0 saturated heterocycles. The second-order valence-corrected chi connectivity index (χ2v) is 6.67. The molecule has 6 nitrogen and oxygen atoms in total. The average Bonchev–Trinajstić information content (AvgIpc) is 2.86. The van der Waals surface area contributed by atoms with Crippen LogP contribution in [0.3, 0.4) is 0 Å². The number of methoxy groups -OCH3 is 1. The van der Waals surface area contributed by atoms with Crippen LogP contribution in [0.2, 0.25) is 0 Å². The van der Waals surface area contributed by atoms with Crippen molar-refractivity contribution in [1.82, 2.24) is 0 Å². The number of rotatable bonds is 4. The molecule has 1 aliphatic rings. The Morgan fingerprint density at radius 1 is 1.03 bits per heavy atom. The van der Waals surface area contributed by atoms with Crippen molar-refractivity contribution in [3.8, 4) is 17.2 Å². The molecule has 29 heavy (non-hydrogen) atoms. The van der Waals surface area contributed by atoms with Crippen molar-refractivity contribution >= 4 is 17.6 Å². The minimum atomic E-state index is -0.494. The third-order valence-electron chi connectivity index (χ3n) is 4.54. The molecule has 0 spiro atoms. The molecule has 4 rings (SSSR count). The SMILES string of the molecule is COC(=O)c1ccc2c(c1)NC(=O)c1c(OCc3ccccc3)cc(C)cc1O2. The lowest BCUT2D eigenvalue weighted by atomic mass is 10.1. The zero-order valence-electron chi connectivity index (χ0n) is 16.0. The predicted molar refractivity (Wildman–Crippen MR) is 108 cm³/mol. The number of hydrogen-bond acceptors (Lipinski definition) is 5. The predicted octanol–water partition coefficient (Wildman–Crippen LogP) is 4.72. The van der Waals surface area contributed by atoms with E-state index in [9.17, 15) is 9.59 Å². The van der Waals surface area contributed by atoms with E-state index in [2.05, 4.69) is 5.32 Å². The van der Waals surface area contributed by atoms with Crippen molar-refractivity contribution in [3.05, 3.63) is 82.9 Å². The van der Waals surface area contributed by atoms with E-state index in [4.69, 9.17) is 14.2 Å². The number of nitrogens with one attached hydrogen (secondary N) is 1. The minimum absolute atomic E-state index is 0.308. The van der Waals surface area contributed by atoms with E-state index in [0.717, 1.165) is 11.1 Å². The summed E-state index contributed by atoms with van der Waals surface area (Å²) in [5, 5.41) is 2.80. The Morgan fingerprint density at radius 2 is 1.83 bits per heavy atom. The molecule has 0 aliphatic carbocycles. The molecule has 1 aliphatic heterocycles. The first-order valence-electron chi connectivity index (χ1n) is 9.08. The highest BCUT2D eigenvalue weighted by Gasteiger charge is 2.26. The number of ether oxygens (including phenoxy) is 3. The van der Waals surface area contributed by atoms with Crippen molar-refractivity contribution < 1.29 is 23.8 Å². The lowest BCUT2D eigenvalue weighted by molar-refractivity contribution is 0.0600. The molecule has 0 aromatic heterocycles. The Bertz CT molecular complexity index is 1090. The van der Waals surface area contributed by atoms with Crippen LogP contribution in [0, 0.1) is 6.92 Å². The molecule has 1 amide bonds.